The molecular weight excluding hydrogens is 236 g/mol. The van der Waals surface area contributed by atoms with E-state index in [1.807, 2.05) is 0 Å². The molecule has 0 atom stereocenters. The van der Waals surface area contributed by atoms with E-state index in [2.05, 4.69) is 47.3 Å². The normalized spacial score (nSPS) is 11.3. The Morgan fingerprint density at radius 3 is 2.89 bits per heavy atom. The van der Waals surface area contributed by atoms with Gasteiger partial charge in [0.2, 0.25) is 0 Å². The Balaban J connectivity index is 2.14. The number of unbranched alkanes of at least 4 members (excludes halogenated alkanes) is 1. The van der Waals surface area contributed by atoms with Gasteiger partial charge < -0.3 is 14.6 Å². The summed E-state index contributed by atoms with van der Waals surface area (Å²) >= 11 is 0. The van der Waals surface area contributed by atoms with E-state index in [1.54, 1.807) is 7.11 Å². The van der Waals surface area contributed by atoms with Gasteiger partial charge in [0.05, 0.1) is 5.52 Å². The summed E-state index contributed by atoms with van der Waals surface area (Å²) < 4.78 is 7.48. The number of benzene rings is 1. The van der Waals surface area contributed by atoms with Gasteiger partial charge in [-0.25, -0.2) is 0 Å². The molecule has 0 aliphatic carbocycles. The largest absolute Gasteiger partial charge is 0.385 e. The molecule has 3 heteroatoms. The molecule has 104 valence electrons. The first-order valence-electron chi connectivity index (χ1n) is 7.13. The van der Waals surface area contributed by atoms with Crippen molar-refractivity contribution >= 4 is 10.9 Å². The second kappa shape index (κ2) is 7.31. The highest BCUT2D eigenvalue weighted by Gasteiger charge is 2.05. The van der Waals surface area contributed by atoms with E-state index in [-0.39, 0.29) is 0 Å². The third-order valence-electron chi connectivity index (χ3n) is 3.43. The van der Waals surface area contributed by atoms with E-state index < -0.39 is 0 Å². The molecule has 3 nitrogen and oxygen atoms in total. The molecule has 1 aromatic carbocycles. The molecule has 0 spiro atoms. The lowest BCUT2D eigenvalue weighted by atomic mass is 10.1. The minimum Gasteiger partial charge on any atom is -0.385 e. The lowest BCUT2D eigenvalue weighted by Crippen LogP contribution is -2.13. The fourth-order valence-electron chi connectivity index (χ4n) is 2.46. The number of ether oxygens (including phenoxy) is 1. The second-order valence-electron chi connectivity index (χ2n) is 4.84. The van der Waals surface area contributed by atoms with Crippen LogP contribution >= 0.6 is 0 Å². The van der Waals surface area contributed by atoms with Gasteiger partial charge in [-0.15, -0.1) is 0 Å². The minimum absolute atomic E-state index is 0.851. The smallest absolute Gasteiger partial charge is 0.0525 e. The van der Waals surface area contributed by atoms with Crippen molar-refractivity contribution in [3.8, 4) is 0 Å². The van der Waals surface area contributed by atoms with Crippen molar-refractivity contribution in [2.75, 3.05) is 20.3 Å². The number of hydrogen-bond acceptors (Lipinski definition) is 2. The molecule has 2 aromatic rings. The predicted molar refractivity (Wildman–Crippen MR) is 80.4 cm³/mol. The molecule has 0 saturated heterocycles. The highest BCUT2D eigenvalue weighted by atomic mass is 16.5. The second-order valence-corrected chi connectivity index (χ2v) is 4.84. The molecule has 0 aliphatic heterocycles. The van der Waals surface area contributed by atoms with Crippen LogP contribution in [0.4, 0.5) is 0 Å². The summed E-state index contributed by atoms with van der Waals surface area (Å²) in [5.74, 6) is 0. The molecule has 0 amide bonds. The van der Waals surface area contributed by atoms with Crippen LogP contribution in [-0.2, 0) is 17.8 Å². The molecule has 0 unspecified atom stereocenters. The number of fused-ring (bicyclic) bond motifs is 1. The van der Waals surface area contributed by atoms with Gasteiger partial charge in [-0.2, -0.15) is 0 Å². The van der Waals surface area contributed by atoms with E-state index in [0.29, 0.717) is 0 Å². The fraction of sp³-hybridized carbons (Fsp3) is 0.500. The van der Waals surface area contributed by atoms with Gasteiger partial charge in [-0.3, -0.25) is 0 Å². The fourth-order valence-corrected chi connectivity index (χ4v) is 2.46. The lowest BCUT2D eigenvalue weighted by molar-refractivity contribution is 0.191. The summed E-state index contributed by atoms with van der Waals surface area (Å²) in [5, 5.41) is 4.75. The minimum atomic E-state index is 0.851. The van der Waals surface area contributed by atoms with Crippen molar-refractivity contribution in [2.24, 2.45) is 0 Å². The highest BCUT2D eigenvalue weighted by molar-refractivity contribution is 5.83. The summed E-state index contributed by atoms with van der Waals surface area (Å²) in [6.07, 6.45) is 4.48. The number of nitrogens with one attached hydrogen (secondary N) is 1. The van der Waals surface area contributed by atoms with Gasteiger partial charge in [0, 0.05) is 33.0 Å². The number of aromatic nitrogens is 1. The average Bonchev–Trinajstić information content (AvgIpc) is 2.85. The Kier molecular flexibility index (Phi) is 5.43. The molecule has 0 radical (unpaired) electrons. The molecule has 0 fully saturated rings. The van der Waals surface area contributed by atoms with Crippen molar-refractivity contribution in [1.82, 2.24) is 9.88 Å². The van der Waals surface area contributed by atoms with Gasteiger partial charge in [0.1, 0.15) is 0 Å². The molecule has 0 aliphatic rings. The zero-order chi connectivity index (χ0) is 13.5. The van der Waals surface area contributed by atoms with Crippen molar-refractivity contribution in [3.05, 3.63) is 36.0 Å². The maximum absolute atomic E-state index is 5.11. The van der Waals surface area contributed by atoms with Crippen LogP contribution in [0.2, 0.25) is 0 Å². The van der Waals surface area contributed by atoms with Crippen molar-refractivity contribution in [3.63, 3.8) is 0 Å². The van der Waals surface area contributed by atoms with Crippen LogP contribution in [-0.4, -0.2) is 24.8 Å². The van der Waals surface area contributed by atoms with Gasteiger partial charge in [-0.05, 0) is 36.4 Å². The maximum atomic E-state index is 5.11. The summed E-state index contributed by atoms with van der Waals surface area (Å²) in [6, 6.07) is 8.76. The molecule has 1 heterocycles. The van der Waals surface area contributed by atoms with Gasteiger partial charge in [0.15, 0.2) is 0 Å². The number of hydrogen-bond donors (Lipinski definition) is 1. The lowest BCUT2D eigenvalue weighted by Gasteiger charge is -2.10. The van der Waals surface area contributed by atoms with E-state index >= 15 is 0 Å². The number of nitrogens with zero attached hydrogens (tertiary/aromatic N) is 1. The number of methoxy groups -OCH3 is 1. The predicted octanol–water partition coefficient (Wildman–Crippen LogP) is 3.18. The molecule has 1 aromatic heterocycles. The first-order valence-corrected chi connectivity index (χ1v) is 7.13. The zero-order valence-corrected chi connectivity index (χ0v) is 12.0. The quantitative estimate of drug-likeness (QED) is 0.738. The molecule has 0 saturated carbocycles. The Morgan fingerprint density at radius 2 is 2.11 bits per heavy atom. The van der Waals surface area contributed by atoms with E-state index in [4.69, 9.17) is 4.74 Å². The molecule has 19 heavy (non-hydrogen) atoms. The van der Waals surface area contributed by atoms with Gasteiger partial charge in [-0.1, -0.05) is 25.1 Å². The van der Waals surface area contributed by atoms with Crippen LogP contribution in [0.1, 0.15) is 25.3 Å². The zero-order valence-electron chi connectivity index (χ0n) is 12.0. The summed E-state index contributed by atoms with van der Waals surface area (Å²) in [7, 11) is 1.76. The summed E-state index contributed by atoms with van der Waals surface area (Å²) in [5.41, 5.74) is 2.76. The van der Waals surface area contributed by atoms with E-state index in [9.17, 15) is 0 Å². The Labute approximate surface area is 115 Å². The maximum Gasteiger partial charge on any atom is 0.0525 e. The Bertz CT molecular complexity index is 504. The molecule has 2 rings (SSSR count). The SMILES string of the molecule is CCNCc1cccc2ccn(CCCCOC)c12. The van der Waals surface area contributed by atoms with Crippen molar-refractivity contribution < 1.29 is 4.74 Å². The number of aryl methyl sites for hydroxylation is 1. The van der Waals surface area contributed by atoms with Gasteiger partial charge in [0.25, 0.3) is 0 Å². The first-order chi connectivity index (χ1) is 9.36. The molecule has 1 N–H and O–H groups in total. The third-order valence-corrected chi connectivity index (χ3v) is 3.43. The first kappa shape index (κ1) is 14.1. The molecule has 0 bridgehead atoms. The van der Waals surface area contributed by atoms with Crippen LogP contribution in [0.5, 0.6) is 0 Å². The summed E-state index contributed by atoms with van der Waals surface area (Å²) in [4.78, 5) is 0. The summed E-state index contributed by atoms with van der Waals surface area (Å²) in [6.45, 7) is 6.00. The third kappa shape index (κ3) is 3.58. The van der Waals surface area contributed by atoms with Crippen LogP contribution in [0, 0.1) is 0 Å². The number of rotatable bonds is 8. The van der Waals surface area contributed by atoms with Crippen molar-refractivity contribution in [1.29, 1.82) is 0 Å². The van der Waals surface area contributed by atoms with Gasteiger partial charge >= 0.3 is 0 Å². The molecular formula is C16H24N2O. The van der Waals surface area contributed by atoms with Crippen LogP contribution in [0.3, 0.4) is 0 Å². The van der Waals surface area contributed by atoms with Crippen LogP contribution < -0.4 is 5.32 Å². The standard InChI is InChI=1S/C16H24N2O/c1-3-17-13-15-8-6-7-14-9-11-18(16(14)15)10-4-5-12-19-2/h6-9,11,17H,3-5,10,12-13H2,1-2H3. The van der Waals surface area contributed by atoms with E-state index in [0.717, 1.165) is 39.1 Å². The van der Waals surface area contributed by atoms with Crippen LogP contribution in [0.15, 0.2) is 30.5 Å². The monoisotopic (exact) mass is 260 g/mol. The Hall–Kier alpha value is -1.32. The topological polar surface area (TPSA) is 26.2 Å². The van der Waals surface area contributed by atoms with Crippen molar-refractivity contribution in [2.45, 2.75) is 32.9 Å². The average molecular weight is 260 g/mol. The van der Waals surface area contributed by atoms with E-state index in [1.165, 1.54) is 16.5 Å². The Morgan fingerprint density at radius 1 is 1.21 bits per heavy atom. The number of para-hydroxylation sites is 1. The highest BCUT2D eigenvalue weighted by Crippen LogP contribution is 2.21. The van der Waals surface area contributed by atoms with Crippen LogP contribution in [0.25, 0.3) is 10.9 Å².